The fourth-order valence-corrected chi connectivity index (χ4v) is 2.26. The Hall–Kier alpha value is -0.610. The van der Waals surface area contributed by atoms with Crippen LogP contribution in [0, 0.1) is 11.8 Å². The molecule has 0 aromatic carbocycles. The fourth-order valence-electron chi connectivity index (χ4n) is 2.26. The molecule has 4 heteroatoms. The van der Waals surface area contributed by atoms with E-state index in [4.69, 9.17) is 0 Å². The lowest BCUT2D eigenvalue weighted by Gasteiger charge is -2.26. The standard InChI is InChI=1S/C13H26N2O2/c1-10(2)5-6-15-7-11(3)14(4)8-12(9-15)13(16)17/h10-12H,5-9H2,1-4H3,(H,16,17). The molecule has 1 heterocycles. The van der Waals surface area contributed by atoms with E-state index < -0.39 is 5.97 Å². The van der Waals surface area contributed by atoms with Crippen LogP contribution in [0.5, 0.6) is 0 Å². The SMILES string of the molecule is CC(C)CCN1CC(C(=O)O)CN(C)C(C)C1. The quantitative estimate of drug-likeness (QED) is 0.808. The van der Waals surface area contributed by atoms with Gasteiger partial charge in [-0.05, 0) is 32.9 Å². The van der Waals surface area contributed by atoms with Crippen LogP contribution in [0.25, 0.3) is 0 Å². The maximum atomic E-state index is 11.2. The number of carbonyl (C=O) groups is 1. The summed E-state index contributed by atoms with van der Waals surface area (Å²) in [6.07, 6.45) is 1.14. The Morgan fingerprint density at radius 1 is 1.35 bits per heavy atom. The van der Waals surface area contributed by atoms with Gasteiger partial charge in [-0.25, -0.2) is 0 Å². The van der Waals surface area contributed by atoms with Crippen LogP contribution < -0.4 is 0 Å². The van der Waals surface area contributed by atoms with Crippen molar-refractivity contribution < 1.29 is 9.90 Å². The summed E-state index contributed by atoms with van der Waals surface area (Å²) in [5.41, 5.74) is 0. The summed E-state index contributed by atoms with van der Waals surface area (Å²) >= 11 is 0. The van der Waals surface area contributed by atoms with Gasteiger partial charge in [0.15, 0.2) is 0 Å². The smallest absolute Gasteiger partial charge is 0.309 e. The van der Waals surface area contributed by atoms with Gasteiger partial charge in [0.1, 0.15) is 0 Å². The van der Waals surface area contributed by atoms with Gasteiger partial charge in [0.25, 0.3) is 0 Å². The van der Waals surface area contributed by atoms with E-state index in [0.717, 1.165) is 19.5 Å². The molecular weight excluding hydrogens is 216 g/mol. The highest BCUT2D eigenvalue weighted by Crippen LogP contribution is 2.14. The first-order valence-electron chi connectivity index (χ1n) is 6.55. The van der Waals surface area contributed by atoms with Crippen molar-refractivity contribution in [2.24, 2.45) is 11.8 Å². The number of aliphatic carboxylic acids is 1. The molecule has 1 aliphatic heterocycles. The molecule has 1 fully saturated rings. The topological polar surface area (TPSA) is 43.8 Å². The van der Waals surface area contributed by atoms with E-state index >= 15 is 0 Å². The van der Waals surface area contributed by atoms with Gasteiger partial charge >= 0.3 is 5.97 Å². The lowest BCUT2D eigenvalue weighted by atomic mass is 10.1. The van der Waals surface area contributed by atoms with Crippen LogP contribution in [-0.4, -0.2) is 60.1 Å². The van der Waals surface area contributed by atoms with Gasteiger partial charge in [0, 0.05) is 25.7 Å². The minimum Gasteiger partial charge on any atom is -0.481 e. The zero-order chi connectivity index (χ0) is 13.0. The highest BCUT2D eigenvalue weighted by molar-refractivity contribution is 5.70. The van der Waals surface area contributed by atoms with Crippen LogP contribution in [0.15, 0.2) is 0 Å². The van der Waals surface area contributed by atoms with Crippen LogP contribution >= 0.6 is 0 Å². The van der Waals surface area contributed by atoms with Crippen LogP contribution in [0.3, 0.4) is 0 Å². The van der Waals surface area contributed by atoms with E-state index in [2.05, 4.69) is 30.6 Å². The number of carboxylic acids is 1. The number of hydrogen-bond donors (Lipinski definition) is 1. The van der Waals surface area contributed by atoms with Crippen molar-refractivity contribution in [1.29, 1.82) is 0 Å². The normalized spacial score (nSPS) is 28.3. The highest BCUT2D eigenvalue weighted by atomic mass is 16.4. The molecule has 0 bridgehead atoms. The number of likely N-dealkylation sites (N-methyl/N-ethyl adjacent to an activating group) is 1. The van der Waals surface area contributed by atoms with Crippen molar-refractivity contribution >= 4 is 5.97 Å². The van der Waals surface area contributed by atoms with Gasteiger partial charge < -0.3 is 14.9 Å². The third kappa shape index (κ3) is 4.64. The average molecular weight is 242 g/mol. The highest BCUT2D eigenvalue weighted by Gasteiger charge is 2.29. The predicted molar refractivity (Wildman–Crippen MR) is 69.1 cm³/mol. The summed E-state index contributed by atoms with van der Waals surface area (Å²) in [7, 11) is 2.02. The van der Waals surface area contributed by atoms with Crippen molar-refractivity contribution in [3.8, 4) is 0 Å². The zero-order valence-corrected chi connectivity index (χ0v) is 11.5. The summed E-state index contributed by atoms with van der Waals surface area (Å²) in [5.74, 6) is -0.243. The van der Waals surface area contributed by atoms with Crippen molar-refractivity contribution in [2.45, 2.75) is 33.2 Å². The number of hydrogen-bond acceptors (Lipinski definition) is 3. The summed E-state index contributed by atoms with van der Waals surface area (Å²) in [6.45, 7) is 9.94. The van der Waals surface area contributed by atoms with Crippen molar-refractivity contribution in [1.82, 2.24) is 9.80 Å². The first-order chi connectivity index (χ1) is 7.90. The van der Waals surface area contributed by atoms with Crippen molar-refractivity contribution in [2.75, 3.05) is 33.2 Å². The lowest BCUT2D eigenvalue weighted by Crippen LogP contribution is -2.37. The lowest BCUT2D eigenvalue weighted by molar-refractivity contribution is -0.142. The maximum Gasteiger partial charge on any atom is 0.309 e. The van der Waals surface area contributed by atoms with Gasteiger partial charge in [-0.3, -0.25) is 4.79 Å². The van der Waals surface area contributed by atoms with Gasteiger partial charge in [-0.1, -0.05) is 13.8 Å². The molecule has 4 nitrogen and oxygen atoms in total. The van der Waals surface area contributed by atoms with E-state index in [0.29, 0.717) is 25.0 Å². The Morgan fingerprint density at radius 2 is 2.00 bits per heavy atom. The first kappa shape index (κ1) is 14.5. The molecule has 0 saturated carbocycles. The molecule has 0 radical (unpaired) electrons. The molecule has 2 unspecified atom stereocenters. The first-order valence-corrected chi connectivity index (χ1v) is 6.55. The molecule has 1 N–H and O–H groups in total. The fraction of sp³-hybridized carbons (Fsp3) is 0.923. The molecule has 0 spiro atoms. The average Bonchev–Trinajstić information content (AvgIpc) is 2.36. The molecule has 1 rings (SSSR count). The Labute approximate surface area is 105 Å². The Morgan fingerprint density at radius 3 is 2.53 bits per heavy atom. The van der Waals surface area contributed by atoms with Crippen molar-refractivity contribution in [3.63, 3.8) is 0 Å². The number of rotatable bonds is 4. The molecule has 100 valence electrons. The Kier molecular flexibility index (Phi) is 5.40. The molecule has 1 saturated heterocycles. The summed E-state index contributed by atoms with van der Waals surface area (Å²) in [6, 6.07) is 0.437. The molecular formula is C13H26N2O2. The summed E-state index contributed by atoms with van der Waals surface area (Å²) < 4.78 is 0. The second-order valence-electron chi connectivity index (χ2n) is 5.77. The predicted octanol–water partition coefficient (Wildman–Crippen LogP) is 1.37. The second-order valence-corrected chi connectivity index (χ2v) is 5.77. The second kappa shape index (κ2) is 6.36. The third-order valence-electron chi connectivity index (χ3n) is 3.63. The van der Waals surface area contributed by atoms with E-state index in [1.807, 2.05) is 7.05 Å². The molecule has 0 aromatic rings. The zero-order valence-electron chi connectivity index (χ0n) is 11.5. The van der Waals surface area contributed by atoms with E-state index in [9.17, 15) is 9.90 Å². The van der Waals surface area contributed by atoms with E-state index in [-0.39, 0.29) is 5.92 Å². The van der Waals surface area contributed by atoms with Gasteiger partial charge in [0.05, 0.1) is 5.92 Å². The van der Waals surface area contributed by atoms with Crippen LogP contribution in [0.4, 0.5) is 0 Å². The van der Waals surface area contributed by atoms with Crippen LogP contribution in [0.1, 0.15) is 27.2 Å². The van der Waals surface area contributed by atoms with Gasteiger partial charge in [-0.2, -0.15) is 0 Å². The molecule has 0 aromatic heterocycles. The van der Waals surface area contributed by atoms with Gasteiger partial charge in [-0.15, -0.1) is 0 Å². The molecule has 2 atom stereocenters. The number of nitrogens with zero attached hydrogens (tertiary/aromatic N) is 2. The monoisotopic (exact) mass is 242 g/mol. The molecule has 1 aliphatic rings. The Balaban J connectivity index is 2.60. The minimum absolute atomic E-state index is 0.253. The van der Waals surface area contributed by atoms with E-state index in [1.54, 1.807) is 0 Å². The summed E-state index contributed by atoms with van der Waals surface area (Å²) in [5, 5.41) is 9.21. The Bertz CT molecular complexity index is 256. The minimum atomic E-state index is -0.666. The largest absolute Gasteiger partial charge is 0.481 e. The number of carboxylic acid groups (broad SMARTS) is 1. The van der Waals surface area contributed by atoms with Gasteiger partial charge in [0.2, 0.25) is 0 Å². The summed E-state index contributed by atoms with van der Waals surface area (Å²) in [4.78, 5) is 15.7. The molecule has 0 aliphatic carbocycles. The molecule has 0 amide bonds. The van der Waals surface area contributed by atoms with Crippen molar-refractivity contribution in [3.05, 3.63) is 0 Å². The van der Waals surface area contributed by atoms with Crippen LogP contribution in [0.2, 0.25) is 0 Å². The molecule has 17 heavy (non-hydrogen) atoms. The van der Waals surface area contributed by atoms with Crippen LogP contribution in [-0.2, 0) is 4.79 Å². The maximum absolute atomic E-state index is 11.2. The van der Waals surface area contributed by atoms with E-state index in [1.165, 1.54) is 0 Å². The third-order valence-corrected chi connectivity index (χ3v) is 3.63.